The van der Waals surface area contributed by atoms with Gasteiger partial charge >= 0.3 is 0 Å². The van der Waals surface area contributed by atoms with Crippen LogP contribution in [-0.2, 0) is 4.79 Å². The van der Waals surface area contributed by atoms with Gasteiger partial charge in [-0.05, 0) is 43.4 Å². The lowest BCUT2D eigenvalue weighted by Gasteiger charge is -2.36. The predicted octanol–water partition coefficient (Wildman–Crippen LogP) is 1.63. The van der Waals surface area contributed by atoms with Crippen LogP contribution in [0.3, 0.4) is 0 Å². The van der Waals surface area contributed by atoms with Crippen molar-refractivity contribution in [3.63, 3.8) is 0 Å². The second-order valence-electron chi connectivity index (χ2n) is 5.32. The highest BCUT2D eigenvalue weighted by Crippen LogP contribution is 2.45. The molecule has 0 unspecified atom stereocenters. The van der Waals surface area contributed by atoms with Gasteiger partial charge in [-0.25, -0.2) is 0 Å². The Morgan fingerprint density at radius 3 is 2.62 bits per heavy atom. The number of carbonyl (C=O) groups is 1. The number of nitrogens with zero attached hydrogens (tertiary/aromatic N) is 1. The summed E-state index contributed by atoms with van der Waals surface area (Å²) >= 11 is 5.58. The predicted molar refractivity (Wildman–Crippen MR) is 63.4 cm³/mol. The van der Waals surface area contributed by atoms with Crippen LogP contribution < -0.4 is 0 Å². The van der Waals surface area contributed by atoms with Crippen molar-refractivity contribution in [1.29, 1.82) is 0 Å². The summed E-state index contributed by atoms with van der Waals surface area (Å²) in [5.41, 5.74) is 0.341. The van der Waals surface area contributed by atoms with Crippen molar-refractivity contribution < 1.29 is 9.90 Å². The van der Waals surface area contributed by atoms with Gasteiger partial charge in [0.05, 0.1) is 0 Å². The molecule has 92 valence electrons. The lowest BCUT2D eigenvalue weighted by molar-refractivity contribution is -0.128. The average Bonchev–Trinajstić information content (AvgIpc) is 2.73. The highest BCUT2D eigenvalue weighted by molar-refractivity contribution is 6.27. The van der Waals surface area contributed by atoms with Gasteiger partial charge in [-0.2, -0.15) is 0 Å². The zero-order valence-corrected chi connectivity index (χ0v) is 10.4. The SMILES string of the molecule is O=C(CCl)N1CCC2(CCC(CO)CC2)C1. The summed E-state index contributed by atoms with van der Waals surface area (Å²) in [6.07, 6.45) is 5.65. The number of likely N-dealkylation sites (tertiary alicyclic amines) is 1. The van der Waals surface area contributed by atoms with E-state index < -0.39 is 0 Å². The normalized spacial score (nSPS) is 34.6. The summed E-state index contributed by atoms with van der Waals surface area (Å²) in [5.74, 6) is 0.668. The summed E-state index contributed by atoms with van der Waals surface area (Å²) in [7, 11) is 0. The van der Waals surface area contributed by atoms with Crippen LogP contribution in [0.2, 0.25) is 0 Å². The van der Waals surface area contributed by atoms with Crippen LogP contribution in [0.1, 0.15) is 32.1 Å². The quantitative estimate of drug-likeness (QED) is 0.752. The largest absolute Gasteiger partial charge is 0.396 e. The van der Waals surface area contributed by atoms with Gasteiger partial charge in [-0.3, -0.25) is 4.79 Å². The molecular formula is C12H20ClNO2. The molecule has 0 aromatic carbocycles. The number of amides is 1. The lowest BCUT2D eigenvalue weighted by Crippen LogP contribution is -2.35. The Kier molecular flexibility index (Phi) is 3.75. The molecule has 0 aromatic heterocycles. The molecule has 1 aliphatic heterocycles. The third-order valence-corrected chi connectivity index (χ3v) is 4.56. The number of alkyl halides is 1. The molecule has 1 spiro atoms. The summed E-state index contributed by atoms with van der Waals surface area (Å²) in [6, 6.07) is 0. The molecule has 0 atom stereocenters. The van der Waals surface area contributed by atoms with Gasteiger partial charge in [0.2, 0.25) is 5.91 Å². The van der Waals surface area contributed by atoms with E-state index in [2.05, 4.69) is 0 Å². The highest BCUT2D eigenvalue weighted by atomic mass is 35.5. The second-order valence-corrected chi connectivity index (χ2v) is 5.59. The molecule has 2 aliphatic rings. The Balaban J connectivity index is 1.90. The standard InChI is InChI=1S/C12H20ClNO2/c13-7-11(16)14-6-5-12(9-14)3-1-10(8-15)2-4-12/h10,15H,1-9H2. The first kappa shape index (κ1) is 12.2. The second kappa shape index (κ2) is 4.92. The van der Waals surface area contributed by atoms with Gasteiger partial charge in [0.15, 0.2) is 0 Å². The molecule has 1 N–H and O–H groups in total. The van der Waals surface area contributed by atoms with Crippen LogP contribution in [-0.4, -0.2) is 41.5 Å². The zero-order chi connectivity index (χ0) is 11.6. The van der Waals surface area contributed by atoms with Crippen LogP contribution in [0.4, 0.5) is 0 Å². The van der Waals surface area contributed by atoms with Gasteiger partial charge in [0.1, 0.15) is 5.88 Å². The van der Waals surface area contributed by atoms with Gasteiger partial charge in [-0.15, -0.1) is 11.6 Å². The van der Waals surface area contributed by atoms with Crippen LogP contribution in [0.5, 0.6) is 0 Å². The van der Waals surface area contributed by atoms with E-state index in [-0.39, 0.29) is 11.8 Å². The monoisotopic (exact) mass is 245 g/mol. The number of hydrogen-bond donors (Lipinski definition) is 1. The fourth-order valence-electron chi connectivity index (χ4n) is 3.11. The molecule has 1 amide bonds. The molecule has 3 nitrogen and oxygen atoms in total. The Morgan fingerprint density at radius 2 is 2.06 bits per heavy atom. The molecule has 0 bridgehead atoms. The van der Waals surface area contributed by atoms with Crippen molar-refractivity contribution in [3.8, 4) is 0 Å². The van der Waals surface area contributed by atoms with Crippen LogP contribution in [0.25, 0.3) is 0 Å². The van der Waals surface area contributed by atoms with E-state index >= 15 is 0 Å². The van der Waals surface area contributed by atoms with Gasteiger partial charge in [0, 0.05) is 19.7 Å². The number of aliphatic hydroxyl groups is 1. The molecule has 1 heterocycles. The summed E-state index contributed by atoms with van der Waals surface area (Å²) in [6.45, 7) is 2.08. The van der Waals surface area contributed by atoms with E-state index in [9.17, 15) is 4.79 Å². The van der Waals surface area contributed by atoms with Gasteiger partial charge < -0.3 is 10.0 Å². The summed E-state index contributed by atoms with van der Waals surface area (Å²) in [4.78, 5) is 13.4. The van der Waals surface area contributed by atoms with E-state index in [1.165, 1.54) is 0 Å². The number of aliphatic hydroxyl groups excluding tert-OH is 1. The van der Waals surface area contributed by atoms with Crippen molar-refractivity contribution in [3.05, 3.63) is 0 Å². The number of rotatable bonds is 2. The average molecular weight is 246 g/mol. The van der Waals surface area contributed by atoms with E-state index in [4.69, 9.17) is 16.7 Å². The smallest absolute Gasteiger partial charge is 0.237 e. The van der Waals surface area contributed by atoms with Crippen molar-refractivity contribution in [2.24, 2.45) is 11.3 Å². The van der Waals surface area contributed by atoms with Crippen LogP contribution >= 0.6 is 11.6 Å². The first-order valence-electron chi connectivity index (χ1n) is 6.14. The van der Waals surface area contributed by atoms with E-state index in [0.717, 1.165) is 45.2 Å². The van der Waals surface area contributed by atoms with Crippen molar-refractivity contribution >= 4 is 17.5 Å². The van der Waals surface area contributed by atoms with E-state index in [0.29, 0.717) is 17.9 Å². The summed E-state index contributed by atoms with van der Waals surface area (Å²) in [5, 5.41) is 9.12. The van der Waals surface area contributed by atoms with E-state index in [1.54, 1.807) is 0 Å². The number of halogens is 1. The molecule has 4 heteroatoms. The Labute approximate surface area is 102 Å². The number of hydrogen-bond acceptors (Lipinski definition) is 2. The maximum atomic E-state index is 11.5. The molecular weight excluding hydrogens is 226 g/mol. The lowest BCUT2D eigenvalue weighted by atomic mass is 9.70. The summed E-state index contributed by atoms with van der Waals surface area (Å²) < 4.78 is 0. The Bertz CT molecular complexity index is 262. The first-order valence-corrected chi connectivity index (χ1v) is 6.67. The molecule has 2 fully saturated rings. The first-order chi connectivity index (χ1) is 7.69. The third-order valence-electron chi connectivity index (χ3n) is 4.33. The van der Waals surface area contributed by atoms with Crippen molar-refractivity contribution in [2.75, 3.05) is 25.6 Å². The molecule has 16 heavy (non-hydrogen) atoms. The molecule has 1 saturated carbocycles. The maximum absolute atomic E-state index is 11.5. The van der Waals surface area contributed by atoms with Crippen molar-refractivity contribution in [1.82, 2.24) is 4.90 Å². The Hall–Kier alpha value is -0.280. The molecule has 0 aromatic rings. The molecule has 1 saturated heterocycles. The van der Waals surface area contributed by atoms with Crippen molar-refractivity contribution in [2.45, 2.75) is 32.1 Å². The third kappa shape index (κ3) is 2.35. The minimum absolute atomic E-state index is 0.0721. The van der Waals surface area contributed by atoms with Crippen LogP contribution in [0, 0.1) is 11.3 Å². The zero-order valence-electron chi connectivity index (χ0n) is 9.62. The molecule has 2 rings (SSSR count). The van der Waals surface area contributed by atoms with Crippen LogP contribution in [0.15, 0.2) is 0 Å². The highest BCUT2D eigenvalue weighted by Gasteiger charge is 2.41. The Morgan fingerprint density at radius 1 is 1.38 bits per heavy atom. The van der Waals surface area contributed by atoms with Gasteiger partial charge in [-0.1, -0.05) is 0 Å². The van der Waals surface area contributed by atoms with E-state index in [1.807, 2.05) is 4.90 Å². The minimum atomic E-state index is 0.0721. The minimum Gasteiger partial charge on any atom is -0.396 e. The fraction of sp³-hybridized carbons (Fsp3) is 0.917. The number of carbonyl (C=O) groups excluding carboxylic acids is 1. The fourth-order valence-corrected chi connectivity index (χ4v) is 3.28. The maximum Gasteiger partial charge on any atom is 0.237 e. The molecule has 0 radical (unpaired) electrons. The van der Waals surface area contributed by atoms with Gasteiger partial charge in [0.25, 0.3) is 0 Å². The topological polar surface area (TPSA) is 40.5 Å². The molecule has 1 aliphatic carbocycles.